The van der Waals surface area contributed by atoms with E-state index < -0.39 is 12.1 Å². The maximum absolute atomic E-state index is 11.4. The molecule has 3 atom stereocenters. The molecule has 0 radical (unpaired) electrons. The molecule has 4 nitrogen and oxygen atoms in total. The number of aliphatic hydroxyl groups is 1. The summed E-state index contributed by atoms with van der Waals surface area (Å²) in [6, 6.07) is -0.530. The average Bonchev–Trinajstić information content (AvgIpc) is 2.20. The summed E-state index contributed by atoms with van der Waals surface area (Å²) >= 11 is 0. The van der Waals surface area contributed by atoms with Crippen molar-refractivity contribution in [3.05, 3.63) is 0 Å². The highest BCUT2D eigenvalue weighted by Gasteiger charge is 2.25. The molecular weight excluding hydrogens is 180 g/mol. The number of aliphatic hydroxyl groups excluding tert-OH is 1. The number of nitrogens with two attached hydrogens (primary N) is 1. The van der Waals surface area contributed by atoms with Crippen LogP contribution < -0.4 is 11.1 Å². The first-order valence-corrected chi connectivity index (χ1v) is 5.39. The van der Waals surface area contributed by atoms with Gasteiger partial charge in [0.2, 0.25) is 5.91 Å². The van der Waals surface area contributed by atoms with E-state index in [1.54, 1.807) is 0 Å². The minimum atomic E-state index is -0.441. The highest BCUT2D eigenvalue weighted by molar-refractivity contribution is 5.81. The van der Waals surface area contributed by atoms with Gasteiger partial charge in [-0.15, -0.1) is 0 Å². The van der Waals surface area contributed by atoms with Crippen LogP contribution in [-0.2, 0) is 4.79 Å². The van der Waals surface area contributed by atoms with Gasteiger partial charge >= 0.3 is 0 Å². The standard InChI is InChI=1S/C10H20N2O2/c1-2-7(11)10(14)12-8-5-3-4-6-9(8)13/h7-9,13H,2-6,11H2,1H3,(H,12,14)/t7-,8?,9?/m0/s1. The Balaban J connectivity index is 2.38. The monoisotopic (exact) mass is 200 g/mol. The van der Waals surface area contributed by atoms with Crippen LogP contribution in [-0.4, -0.2) is 29.2 Å². The number of carbonyl (C=O) groups excluding carboxylic acids is 1. The Labute approximate surface area is 84.9 Å². The number of nitrogens with one attached hydrogen (secondary N) is 1. The average molecular weight is 200 g/mol. The van der Waals surface area contributed by atoms with E-state index in [4.69, 9.17) is 5.73 Å². The van der Waals surface area contributed by atoms with Gasteiger partial charge in [-0.2, -0.15) is 0 Å². The van der Waals surface area contributed by atoms with Gasteiger partial charge in [-0.1, -0.05) is 19.8 Å². The lowest BCUT2D eigenvalue weighted by Gasteiger charge is -2.29. The molecule has 0 spiro atoms. The summed E-state index contributed by atoms with van der Waals surface area (Å²) in [6.07, 6.45) is 4.01. The molecule has 0 aromatic rings. The van der Waals surface area contributed by atoms with Crippen LogP contribution >= 0.6 is 0 Å². The zero-order valence-corrected chi connectivity index (χ0v) is 8.70. The summed E-state index contributed by atoms with van der Waals surface area (Å²) in [5.74, 6) is -0.140. The van der Waals surface area contributed by atoms with Crippen molar-refractivity contribution < 1.29 is 9.90 Å². The molecule has 0 heterocycles. The second-order valence-corrected chi connectivity index (χ2v) is 3.98. The smallest absolute Gasteiger partial charge is 0.237 e. The number of carbonyl (C=O) groups is 1. The molecule has 0 saturated heterocycles. The van der Waals surface area contributed by atoms with Crippen LogP contribution in [0.2, 0.25) is 0 Å². The van der Waals surface area contributed by atoms with E-state index >= 15 is 0 Å². The van der Waals surface area contributed by atoms with Crippen LogP contribution in [0.4, 0.5) is 0 Å². The second-order valence-electron chi connectivity index (χ2n) is 3.98. The van der Waals surface area contributed by atoms with E-state index in [9.17, 15) is 9.90 Å². The highest BCUT2D eigenvalue weighted by atomic mass is 16.3. The Bertz CT molecular complexity index is 197. The van der Waals surface area contributed by atoms with Crippen molar-refractivity contribution in [1.82, 2.24) is 5.32 Å². The fourth-order valence-corrected chi connectivity index (χ4v) is 1.75. The van der Waals surface area contributed by atoms with Crippen molar-refractivity contribution >= 4 is 5.91 Å². The van der Waals surface area contributed by atoms with E-state index in [-0.39, 0.29) is 11.9 Å². The molecular formula is C10H20N2O2. The predicted molar refractivity (Wildman–Crippen MR) is 54.7 cm³/mol. The van der Waals surface area contributed by atoms with Crippen LogP contribution in [0.1, 0.15) is 39.0 Å². The summed E-state index contributed by atoms with van der Waals surface area (Å²) < 4.78 is 0. The van der Waals surface area contributed by atoms with E-state index in [0.717, 1.165) is 25.7 Å². The van der Waals surface area contributed by atoms with Gasteiger partial charge in [0.15, 0.2) is 0 Å². The summed E-state index contributed by atoms with van der Waals surface area (Å²) in [5, 5.41) is 12.4. The number of hydrogen-bond donors (Lipinski definition) is 3. The Morgan fingerprint density at radius 3 is 2.79 bits per heavy atom. The Hall–Kier alpha value is -0.610. The zero-order valence-electron chi connectivity index (χ0n) is 8.70. The predicted octanol–water partition coefficient (Wildman–Crippen LogP) is 0.143. The van der Waals surface area contributed by atoms with Gasteiger partial charge in [-0.05, 0) is 19.3 Å². The number of rotatable bonds is 3. The van der Waals surface area contributed by atoms with Gasteiger partial charge in [0.25, 0.3) is 0 Å². The molecule has 0 bridgehead atoms. The fourth-order valence-electron chi connectivity index (χ4n) is 1.75. The van der Waals surface area contributed by atoms with Crippen molar-refractivity contribution in [2.24, 2.45) is 5.73 Å². The highest BCUT2D eigenvalue weighted by Crippen LogP contribution is 2.18. The molecule has 4 heteroatoms. The quantitative estimate of drug-likeness (QED) is 0.606. The lowest BCUT2D eigenvalue weighted by Crippen LogP contribution is -2.50. The van der Waals surface area contributed by atoms with Crippen LogP contribution in [0.15, 0.2) is 0 Å². The molecule has 1 fully saturated rings. The summed E-state index contributed by atoms with van der Waals surface area (Å²) in [6.45, 7) is 1.88. The molecule has 0 aromatic heterocycles. The minimum Gasteiger partial charge on any atom is -0.391 e. The lowest BCUT2D eigenvalue weighted by atomic mass is 9.92. The molecule has 1 aliphatic rings. The molecule has 0 aliphatic heterocycles. The molecule has 1 saturated carbocycles. The van der Waals surface area contributed by atoms with E-state index in [1.165, 1.54) is 0 Å². The molecule has 1 amide bonds. The Kier molecular flexibility index (Phi) is 4.35. The van der Waals surface area contributed by atoms with Crippen molar-refractivity contribution in [3.63, 3.8) is 0 Å². The molecule has 14 heavy (non-hydrogen) atoms. The number of amides is 1. The largest absolute Gasteiger partial charge is 0.391 e. The Morgan fingerprint density at radius 1 is 1.57 bits per heavy atom. The van der Waals surface area contributed by atoms with E-state index in [2.05, 4.69) is 5.32 Å². The maximum Gasteiger partial charge on any atom is 0.237 e. The third-order valence-corrected chi connectivity index (χ3v) is 2.83. The summed E-state index contributed by atoms with van der Waals surface area (Å²) in [7, 11) is 0. The van der Waals surface area contributed by atoms with E-state index in [1.807, 2.05) is 6.92 Å². The molecule has 1 aliphatic carbocycles. The Morgan fingerprint density at radius 2 is 2.21 bits per heavy atom. The fraction of sp³-hybridized carbons (Fsp3) is 0.900. The first kappa shape index (κ1) is 11.5. The van der Waals surface area contributed by atoms with Crippen molar-refractivity contribution in [2.45, 2.75) is 57.2 Å². The van der Waals surface area contributed by atoms with Crippen molar-refractivity contribution in [2.75, 3.05) is 0 Å². The molecule has 0 aromatic carbocycles. The SMILES string of the molecule is CC[C@H](N)C(=O)NC1CCCCC1O. The van der Waals surface area contributed by atoms with Gasteiger partial charge in [0.1, 0.15) is 0 Å². The number of hydrogen-bond acceptors (Lipinski definition) is 3. The van der Waals surface area contributed by atoms with Crippen LogP contribution in [0.3, 0.4) is 0 Å². The topological polar surface area (TPSA) is 75.4 Å². The van der Waals surface area contributed by atoms with E-state index in [0.29, 0.717) is 6.42 Å². The first-order valence-electron chi connectivity index (χ1n) is 5.39. The second kappa shape index (κ2) is 5.32. The van der Waals surface area contributed by atoms with Crippen LogP contribution in [0.5, 0.6) is 0 Å². The zero-order chi connectivity index (χ0) is 10.6. The minimum absolute atomic E-state index is 0.0890. The van der Waals surface area contributed by atoms with Gasteiger partial charge in [-0.25, -0.2) is 0 Å². The lowest BCUT2D eigenvalue weighted by molar-refractivity contribution is -0.124. The first-order chi connectivity index (χ1) is 6.65. The molecule has 2 unspecified atom stereocenters. The van der Waals surface area contributed by atoms with Crippen molar-refractivity contribution in [3.8, 4) is 0 Å². The van der Waals surface area contributed by atoms with Gasteiger partial charge < -0.3 is 16.2 Å². The molecule has 4 N–H and O–H groups in total. The van der Waals surface area contributed by atoms with Crippen LogP contribution in [0.25, 0.3) is 0 Å². The van der Waals surface area contributed by atoms with Crippen molar-refractivity contribution in [1.29, 1.82) is 0 Å². The maximum atomic E-state index is 11.4. The van der Waals surface area contributed by atoms with Gasteiger partial charge in [-0.3, -0.25) is 4.79 Å². The van der Waals surface area contributed by atoms with Gasteiger partial charge in [0.05, 0.1) is 18.2 Å². The van der Waals surface area contributed by atoms with Crippen LogP contribution in [0, 0.1) is 0 Å². The third kappa shape index (κ3) is 2.96. The normalized spacial score (nSPS) is 29.6. The summed E-state index contributed by atoms with van der Waals surface area (Å²) in [4.78, 5) is 11.4. The summed E-state index contributed by atoms with van der Waals surface area (Å²) in [5.41, 5.74) is 5.59. The van der Waals surface area contributed by atoms with Gasteiger partial charge in [0, 0.05) is 0 Å². The molecule has 82 valence electrons. The third-order valence-electron chi connectivity index (χ3n) is 2.83. The molecule has 1 rings (SSSR count).